The van der Waals surface area contributed by atoms with Crippen molar-refractivity contribution in [1.29, 1.82) is 0 Å². The number of likely N-dealkylation sites (N-methyl/N-ethyl adjacent to an activating group) is 1. The topological polar surface area (TPSA) is 108 Å². The lowest BCUT2D eigenvalue weighted by Crippen LogP contribution is -2.37. The zero-order valence-corrected chi connectivity index (χ0v) is 46.1. The number of esters is 2. The second-order valence-corrected chi connectivity index (χ2v) is 22.5. The van der Waals surface area contributed by atoms with Crippen molar-refractivity contribution in [3.63, 3.8) is 0 Å². The maximum Gasteiger partial charge on any atom is 0.472 e. The van der Waals surface area contributed by atoms with Crippen LogP contribution in [0, 0.1) is 0 Å². The number of rotatable bonds is 54. The Kier molecular flexibility index (Phi) is 48.8. The molecule has 0 saturated carbocycles. The number of quaternary nitrogens is 1. The molecule has 2 unspecified atom stereocenters. The van der Waals surface area contributed by atoms with Gasteiger partial charge < -0.3 is 18.9 Å². The number of allylic oxidation sites excluding steroid dienone is 2. The van der Waals surface area contributed by atoms with Crippen LogP contribution in [0.1, 0.15) is 290 Å². The van der Waals surface area contributed by atoms with Gasteiger partial charge in [0.05, 0.1) is 27.7 Å². The van der Waals surface area contributed by atoms with Gasteiger partial charge in [0.2, 0.25) is 0 Å². The Morgan fingerprint density at radius 3 is 1.10 bits per heavy atom. The minimum absolute atomic E-state index is 0.0350. The molecule has 0 aromatic rings. The van der Waals surface area contributed by atoms with E-state index < -0.39 is 26.5 Å². The number of carbonyl (C=O) groups excluding carboxylic acids is 2. The van der Waals surface area contributed by atoms with Crippen molar-refractivity contribution in [1.82, 2.24) is 0 Å². The van der Waals surface area contributed by atoms with Crippen molar-refractivity contribution in [3.05, 3.63) is 12.2 Å². The van der Waals surface area contributed by atoms with E-state index in [1.165, 1.54) is 225 Å². The highest BCUT2D eigenvalue weighted by Gasteiger charge is 2.27. The average molecular weight is 972 g/mol. The molecule has 10 heteroatoms. The highest BCUT2D eigenvalue weighted by molar-refractivity contribution is 7.47. The quantitative estimate of drug-likeness (QED) is 0.0211. The SMILES string of the molecule is CCCCCCCC/C=C\CCCCCCCCCCCC(=O)OC(COC(=O)CCCCCCCCCCCCCCCCCCCCCCCCCC)COP(=O)(O)OCC[N+](C)(C)C. The first-order chi connectivity index (χ1) is 32.5. The molecule has 2 atom stereocenters. The molecular formula is C57H113NO8P+. The number of hydrogen-bond donors (Lipinski definition) is 1. The molecule has 0 fully saturated rings. The van der Waals surface area contributed by atoms with Crippen LogP contribution in [0.4, 0.5) is 0 Å². The largest absolute Gasteiger partial charge is 0.472 e. The normalized spacial score (nSPS) is 13.3. The van der Waals surface area contributed by atoms with E-state index in [1.807, 2.05) is 21.1 Å². The minimum Gasteiger partial charge on any atom is -0.462 e. The molecule has 0 aromatic carbocycles. The predicted octanol–water partition coefficient (Wildman–Crippen LogP) is 17.7. The number of hydrogen-bond acceptors (Lipinski definition) is 7. The third kappa shape index (κ3) is 53.9. The van der Waals surface area contributed by atoms with Gasteiger partial charge in [-0.25, -0.2) is 4.57 Å². The summed E-state index contributed by atoms with van der Waals surface area (Å²) < 4.78 is 34.6. The lowest BCUT2D eigenvalue weighted by Gasteiger charge is -2.24. The molecule has 0 spiro atoms. The van der Waals surface area contributed by atoms with E-state index >= 15 is 0 Å². The molecule has 0 aromatic heterocycles. The summed E-state index contributed by atoms with van der Waals surface area (Å²) in [6, 6.07) is 0. The number of nitrogens with zero attached hydrogens (tertiary/aromatic N) is 1. The zero-order chi connectivity index (χ0) is 49.2. The summed E-state index contributed by atoms with van der Waals surface area (Å²) in [7, 11) is 1.49. The summed E-state index contributed by atoms with van der Waals surface area (Å²) in [6.07, 6.45) is 57.0. The minimum atomic E-state index is -4.38. The molecule has 0 heterocycles. The summed E-state index contributed by atoms with van der Waals surface area (Å²) in [5.41, 5.74) is 0. The summed E-state index contributed by atoms with van der Waals surface area (Å²) in [6.45, 7) is 4.49. The number of phosphoric ester groups is 1. The van der Waals surface area contributed by atoms with E-state index in [0.29, 0.717) is 23.9 Å². The standard InChI is InChI=1S/C57H112NO8P/c1-6-8-10-12-14-16-18-20-22-24-26-27-28-29-30-32-33-35-37-39-41-43-45-47-49-56(59)63-53-55(54-65-67(61,62)64-52-51-58(3,4)5)66-57(60)50-48-46-44-42-40-38-36-34-31-25-23-21-19-17-15-13-11-9-7-2/h21,23,55H,6-20,22,24-54H2,1-5H3/p+1/b23-21-. The van der Waals surface area contributed by atoms with Gasteiger partial charge in [-0.1, -0.05) is 251 Å². The van der Waals surface area contributed by atoms with Gasteiger partial charge in [-0.15, -0.1) is 0 Å². The van der Waals surface area contributed by atoms with Crippen LogP contribution < -0.4 is 0 Å². The van der Waals surface area contributed by atoms with Gasteiger partial charge in [-0.3, -0.25) is 18.6 Å². The molecule has 9 nitrogen and oxygen atoms in total. The summed E-state index contributed by atoms with van der Waals surface area (Å²) >= 11 is 0. The predicted molar refractivity (Wildman–Crippen MR) is 284 cm³/mol. The van der Waals surface area contributed by atoms with Gasteiger partial charge in [0, 0.05) is 12.8 Å². The lowest BCUT2D eigenvalue weighted by atomic mass is 10.0. The maximum atomic E-state index is 12.8. The van der Waals surface area contributed by atoms with Crippen LogP contribution in [-0.2, 0) is 32.7 Å². The number of ether oxygens (including phenoxy) is 2. The Morgan fingerprint density at radius 1 is 0.448 bits per heavy atom. The molecule has 1 N–H and O–H groups in total. The summed E-state index contributed by atoms with van der Waals surface area (Å²) in [5.74, 6) is -0.781. The van der Waals surface area contributed by atoms with E-state index in [0.717, 1.165) is 32.1 Å². The van der Waals surface area contributed by atoms with Crippen molar-refractivity contribution in [2.45, 2.75) is 296 Å². The van der Waals surface area contributed by atoms with Gasteiger partial charge in [0.25, 0.3) is 0 Å². The summed E-state index contributed by atoms with van der Waals surface area (Å²) in [5, 5.41) is 0. The van der Waals surface area contributed by atoms with Crippen molar-refractivity contribution in [2.24, 2.45) is 0 Å². The van der Waals surface area contributed by atoms with Crippen molar-refractivity contribution in [2.75, 3.05) is 47.5 Å². The molecule has 0 rings (SSSR count). The summed E-state index contributed by atoms with van der Waals surface area (Å²) in [4.78, 5) is 35.7. The molecule has 67 heavy (non-hydrogen) atoms. The molecule has 0 amide bonds. The highest BCUT2D eigenvalue weighted by atomic mass is 31.2. The number of phosphoric acid groups is 1. The fraction of sp³-hybridized carbons (Fsp3) is 0.930. The van der Waals surface area contributed by atoms with E-state index in [4.69, 9.17) is 18.5 Å². The average Bonchev–Trinajstić information content (AvgIpc) is 3.29. The van der Waals surface area contributed by atoms with Crippen LogP contribution in [0.2, 0.25) is 0 Å². The second-order valence-electron chi connectivity index (χ2n) is 21.0. The lowest BCUT2D eigenvalue weighted by molar-refractivity contribution is -0.870. The van der Waals surface area contributed by atoms with Crippen LogP contribution in [0.15, 0.2) is 12.2 Å². The zero-order valence-electron chi connectivity index (χ0n) is 45.2. The van der Waals surface area contributed by atoms with Crippen molar-refractivity contribution >= 4 is 19.8 Å². The van der Waals surface area contributed by atoms with Gasteiger partial charge in [-0.2, -0.15) is 0 Å². The van der Waals surface area contributed by atoms with E-state index in [9.17, 15) is 19.0 Å². The fourth-order valence-electron chi connectivity index (χ4n) is 8.54. The molecule has 0 saturated heterocycles. The van der Waals surface area contributed by atoms with Gasteiger partial charge in [-0.05, 0) is 38.5 Å². The third-order valence-corrected chi connectivity index (χ3v) is 14.0. The van der Waals surface area contributed by atoms with Gasteiger partial charge in [0.1, 0.15) is 19.8 Å². The number of unbranched alkanes of at least 4 members (excludes halogenated alkanes) is 38. The number of carbonyl (C=O) groups is 2. The molecule has 0 bridgehead atoms. The first-order valence-corrected chi connectivity index (χ1v) is 30.4. The Bertz CT molecular complexity index is 1140. The third-order valence-electron chi connectivity index (χ3n) is 13.0. The van der Waals surface area contributed by atoms with Crippen LogP contribution in [0.25, 0.3) is 0 Å². The second kappa shape index (κ2) is 49.7. The Balaban J connectivity index is 4.11. The van der Waals surface area contributed by atoms with Crippen LogP contribution >= 0.6 is 7.82 Å². The molecular weight excluding hydrogens is 858 g/mol. The Labute approximate surface area is 416 Å². The first kappa shape index (κ1) is 65.8. The highest BCUT2D eigenvalue weighted by Crippen LogP contribution is 2.43. The van der Waals surface area contributed by atoms with Crippen molar-refractivity contribution < 1.29 is 42.1 Å². The van der Waals surface area contributed by atoms with Crippen LogP contribution in [-0.4, -0.2) is 74.9 Å². The molecule has 398 valence electrons. The van der Waals surface area contributed by atoms with Gasteiger partial charge in [0.15, 0.2) is 6.10 Å². The Morgan fingerprint density at radius 2 is 0.761 bits per heavy atom. The van der Waals surface area contributed by atoms with Crippen molar-refractivity contribution in [3.8, 4) is 0 Å². The molecule has 0 aliphatic carbocycles. The first-order valence-electron chi connectivity index (χ1n) is 28.9. The Hall–Kier alpha value is -1.25. The van der Waals surface area contributed by atoms with Gasteiger partial charge >= 0.3 is 19.8 Å². The van der Waals surface area contributed by atoms with E-state index in [1.54, 1.807) is 0 Å². The van der Waals surface area contributed by atoms with E-state index in [2.05, 4.69) is 26.0 Å². The monoisotopic (exact) mass is 971 g/mol. The maximum absolute atomic E-state index is 12.8. The van der Waals surface area contributed by atoms with Crippen LogP contribution in [0.5, 0.6) is 0 Å². The van der Waals surface area contributed by atoms with Crippen LogP contribution in [0.3, 0.4) is 0 Å². The molecule has 0 aliphatic heterocycles. The van der Waals surface area contributed by atoms with E-state index in [-0.39, 0.29) is 25.6 Å². The molecule has 0 radical (unpaired) electrons. The smallest absolute Gasteiger partial charge is 0.462 e. The molecule has 0 aliphatic rings. The fourth-order valence-corrected chi connectivity index (χ4v) is 9.28.